The van der Waals surface area contributed by atoms with Crippen molar-refractivity contribution < 1.29 is 14.3 Å². The van der Waals surface area contributed by atoms with Crippen LogP contribution in [0.15, 0.2) is 42.5 Å². The van der Waals surface area contributed by atoms with Crippen molar-refractivity contribution in [3.63, 3.8) is 0 Å². The number of methoxy groups -OCH3 is 1. The summed E-state index contributed by atoms with van der Waals surface area (Å²) >= 11 is 6.03. The quantitative estimate of drug-likeness (QED) is 0.776. The number of ether oxygens (including phenoxy) is 2. The fourth-order valence-corrected chi connectivity index (χ4v) is 2.48. The Hall–Kier alpha value is -2.20. The number of nitrogens with one attached hydrogen (secondary N) is 1. The minimum absolute atomic E-state index is 0.0632. The van der Waals surface area contributed by atoms with Gasteiger partial charge in [-0.3, -0.25) is 4.79 Å². The zero-order valence-electron chi connectivity index (χ0n) is 14.1. The van der Waals surface area contributed by atoms with Gasteiger partial charge in [0.2, 0.25) is 0 Å². The molecule has 128 valence electrons. The van der Waals surface area contributed by atoms with Crippen LogP contribution in [0.25, 0.3) is 0 Å². The molecule has 0 fully saturated rings. The lowest BCUT2D eigenvalue weighted by Gasteiger charge is -2.11. The van der Waals surface area contributed by atoms with Crippen molar-refractivity contribution in [1.29, 1.82) is 0 Å². The highest BCUT2D eigenvalue weighted by atomic mass is 35.5. The molecular formula is C19H22ClNO3. The summed E-state index contributed by atoms with van der Waals surface area (Å²) in [4.78, 5) is 12.0. The van der Waals surface area contributed by atoms with Crippen molar-refractivity contribution >= 4 is 23.2 Å². The van der Waals surface area contributed by atoms with Crippen LogP contribution in [0.2, 0.25) is 5.02 Å². The maximum Gasteiger partial charge on any atom is 0.262 e. The fourth-order valence-electron chi connectivity index (χ4n) is 2.22. The first kappa shape index (κ1) is 18.1. The first-order valence-electron chi connectivity index (χ1n) is 7.89. The molecule has 0 radical (unpaired) electrons. The summed E-state index contributed by atoms with van der Waals surface area (Å²) in [6.45, 7) is 4.28. The summed E-state index contributed by atoms with van der Waals surface area (Å²) < 4.78 is 10.6. The molecule has 0 aliphatic carbocycles. The Balaban J connectivity index is 1.88. The highest BCUT2D eigenvalue weighted by Crippen LogP contribution is 2.27. The fraction of sp³-hybridized carbons (Fsp3) is 0.316. The van der Waals surface area contributed by atoms with Crippen molar-refractivity contribution in [2.45, 2.75) is 26.2 Å². The summed E-state index contributed by atoms with van der Waals surface area (Å²) in [5.41, 5.74) is 1.86. The van der Waals surface area contributed by atoms with Crippen LogP contribution in [0.5, 0.6) is 11.5 Å². The van der Waals surface area contributed by atoms with Crippen LogP contribution in [-0.2, 0) is 4.79 Å². The second-order valence-electron chi connectivity index (χ2n) is 5.56. The van der Waals surface area contributed by atoms with Crippen molar-refractivity contribution in [1.82, 2.24) is 0 Å². The summed E-state index contributed by atoms with van der Waals surface area (Å²) in [6.07, 6.45) is 1.09. The van der Waals surface area contributed by atoms with E-state index < -0.39 is 0 Å². The molecule has 2 rings (SSSR count). The lowest BCUT2D eigenvalue weighted by atomic mass is 9.99. The molecule has 1 atom stereocenters. The number of hydrogen-bond donors (Lipinski definition) is 1. The van der Waals surface area contributed by atoms with Gasteiger partial charge in [-0.2, -0.15) is 0 Å². The molecule has 5 heteroatoms. The molecule has 0 bridgehead atoms. The number of carbonyl (C=O) groups is 1. The SMILES string of the molecule is CC[C@H](C)c1ccc(OCC(=O)Nc2ccc(OC)c(Cl)c2)cc1. The average Bonchev–Trinajstić information content (AvgIpc) is 2.60. The average molecular weight is 348 g/mol. The minimum atomic E-state index is -0.248. The number of amides is 1. The van der Waals surface area contributed by atoms with E-state index in [2.05, 4.69) is 19.2 Å². The van der Waals surface area contributed by atoms with Gasteiger partial charge in [-0.25, -0.2) is 0 Å². The van der Waals surface area contributed by atoms with E-state index in [1.165, 1.54) is 5.56 Å². The Kier molecular flexibility index (Phi) is 6.50. The van der Waals surface area contributed by atoms with Crippen LogP contribution >= 0.6 is 11.6 Å². The number of rotatable bonds is 7. The van der Waals surface area contributed by atoms with Crippen LogP contribution in [0.1, 0.15) is 31.7 Å². The zero-order valence-corrected chi connectivity index (χ0v) is 14.9. The van der Waals surface area contributed by atoms with Gasteiger partial charge in [-0.15, -0.1) is 0 Å². The second-order valence-corrected chi connectivity index (χ2v) is 5.97. The summed E-state index contributed by atoms with van der Waals surface area (Å²) in [6, 6.07) is 12.9. The van der Waals surface area contributed by atoms with Gasteiger partial charge in [0, 0.05) is 5.69 Å². The van der Waals surface area contributed by atoms with Crippen molar-refractivity contribution in [2.75, 3.05) is 19.0 Å². The lowest BCUT2D eigenvalue weighted by molar-refractivity contribution is -0.118. The lowest BCUT2D eigenvalue weighted by Crippen LogP contribution is -2.20. The van der Waals surface area contributed by atoms with Crippen LogP contribution in [0.3, 0.4) is 0 Å². The molecule has 0 unspecified atom stereocenters. The van der Waals surface area contributed by atoms with E-state index in [4.69, 9.17) is 21.1 Å². The van der Waals surface area contributed by atoms with E-state index in [9.17, 15) is 4.79 Å². The number of anilines is 1. The molecule has 0 heterocycles. The minimum Gasteiger partial charge on any atom is -0.495 e. The predicted molar refractivity (Wildman–Crippen MR) is 97.3 cm³/mol. The molecule has 4 nitrogen and oxygen atoms in total. The van der Waals surface area contributed by atoms with E-state index in [-0.39, 0.29) is 12.5 Å². The molecule has 1 N–H and O–H groups in total. The van der Waals surface area contributed by atoms with E-state index >= 15 is 0 Å². The third-order valence-corrected chi connectivity index (χ3v) is 4.16. The van der Waals surface area contributed by atoms with Crippen LogP contribution in [0, 0.1) is 0 Å². The van der Waals surface area contributed by atoms with Gasteiger partial charge in [-0.05, 0) is 48.2 Å². The molecule has 0 aliphatic heterocycles. The highest BCUT2D eigenvalue weighted by molar-refractivity contribution is 6.32. The normalized spacial score (nSPS) is 11.7. The van der Waals surface area contributed by atoms with Gasteiger partial charge in [0.25, 0.3) is 5.91 Å². The van der Waals surface area contributed by atoms with Crippen molar-refractivity contribution in [3.8, 4) is 11.5 Å². The standard InChI is InChI=1S/C19H22ClNO3/c1-4-13(2)14-5-8-16(9-6-14)24-12-19(22)21-15-7-10-18(23-3)17(20)11-15/h5-11,13H,4,12H2,1-3H3,(H,21,22)/t13-/m0/s1. The number of halogens is 1. The van der Waals surface area contributed by atoms with Crippen LogP contribution in [-0.4, -0.2) is 19.6 Å². The Morgan fingerprint density at radius 1 is 1.21 bits per heavy atom. The first-order valence-corrected chi connectivity index (χ1v) is 8.27. The smallest absolute Gasteiger partial charge is 0.262 e. The Bertz CT molecular complexity index is 686. The second kappa shape index (κ2) is 8.60. The Morgan fingerprint density at radius 2 is 1.92 bits per heavy atom. The third kappa shape index (κ3) is 4.90. The summed E-state index contributed by atoms with van der Waals surface area (Å²) in [5, 5.41) is 3.18. The molecule has 1 amide bonds. The van der Waals surface area contributed by atoms with Gasteiger partial charge in [0.1, 0.15) is 11.5 Å². The maximum atomic E-state index is 12.0. The number of hydrogen-bond acceptors (Lipinski definition) is 3. The van der Waals surface area contributed by atoms with Gasteiger partial charge < -0.3 is 14.8 Å². The topological polar surface area (TPSA) is 47.6 Å². The summed E-state index contributed by atoms with van der Waals surface area (Å²) in [5.74, 6) is 1.50. The highest BCUT2D eigenvalue weighted by Gasteiger charge is 2.07. The molecule has 2 aromatic rings. The Labute approximate surface area is 147 Å². The van der Waals surface area contributed by atoms with Gasteiger partial charge in [0.15, 0.2) is 6.61 Å². The maximum absolute atomic E-state index is 12.0. The van der Waals surface area contributed by atoms with E-state index in [1.54, 1.807) is 25.3 Å². The molecular weight excluding hydrogens is 326 g/mol. The molecule has 0 spiro atoms. The molecule has 0 saturated carbocycles. The number of benzene rings is 2. The van der Waals surface area contributed by atoms with Crippen molar-refractivity contribution in [3.05, 3.63) is 53.1 Å². The molecule has 0 aromatic heterocycles. The van der Waals surface area contributed by atoms with Crippen LogP contribution in [0.4, 0.5) is 5.69 Å². The van der Waals surface area contributed by atoms with Gasteiger partial charge in [0.05, 0.1) is 12.1 Å². The van der Waals surface area contributed by atoms with E-state index in [1.807, 2.05) is 24.3 Å². The first-order chi connectivity index (χ1) is 11.5. The largest absolute Gasteiger partial charge is 0.495 e. The monoisotopic (exact) mass is 347 g/mol. The third-order valence-electron chi connectivity index (χ3n) is 3.87. The molecule has 24 heavy (non-hydrogen) atoms. The van der Waals surface area contributed by atoms with Gasteiger partial charge >= 0.3 is 0 Å². The molecule has 0 aliphatic rings. The molecule has 2 aromatic carbocycles. The van der Waals surface area contributed by atoms with Gasteiger partial charge in [-0.1, -0.05) is 37.6 Å². The van der Waals surface area contributed by atoms with Crippen LogP contribution < -0.4 is 14.8 Å². The predicted octanol–water partition coefficient (Wildman–Crippen LogP) is 4.88. The zero-order chi connectivity index (χ0) is 17.5. The van der Waals surface area contributed by atoms with E-state index in [0.717, 1.165) is 6.42 Å². The summed E-state index contributed by atoms with van der Waals surface area (Å²) in [7, 11) is 1.54. The Morgan fingerprint density at radius 3 is 2.50 bits per heavy atom. The molecule has 0 saturated heterocycles. The van der Waals surface area contributed by atoms with E-state index in [0.29, 0.717) is 28.1 Å². The van der Waals surface area contributed by atoms with Crippen molar-refractivity contribution in [2.24, 2.45) is 0 Å². The number of carbonyl (C=O) groups excluding carboxylic acids is 1.